The van der Waals surface area contributed by atoms with Crippen molar-refractivity contribution in [2.24, 2.45) is 17.8 Å². The molecule has 0 aromatic heterocycles. The highest BCUT2D eigenvalue weighted by molar-refractivity contribution is 5.35. The second-order valence-corrected chi connectivity index (χ2v) is 6.45. The molecule has 0 spiro atoms. The van der Waals surface area contributed by atoms with Crippen LogP contribution >= 0.6 is 0 Å². The molecule has 1 N–H and O–H groups in total. The molecule has 1 heteroatoms. The number of hydrogen-bond donors (Lipinski definition) is 1. The molecule has 0 radical (unpaired) electrons. The first kappa shape index (κ1) is 12.9. The highest BCUT2D eigenvalue weighted by atomic mass is 16.3. The van der Waals surface area contributed by atoms with Gasteiger partial charge in [0.25, 0.3) is 0 Å². The lowest BCUT2D eigenvalue weighted by atomic mass is 9.77. The third kappa shape index (κ3) is 2.25. The third-order valence-electron chi connectivity index (χ3n) is 5.16. The Morgan fingerprint density at radius 2 is 1.74 bits per heavy atom. The van der Waals surface area contributed by atoms with Crippen molar-refractivity contribution in [3.63, 3.8) is 0 Å². The standard InChI is InChI=1S/C18H24O/c1-12-8-10-15-17(12)13(2)9-11-16(19)18(15)14-6-4-3-5-7-14/h3-7,10,12-13,16-19H,8-9,11H2,1-2H3/t12-,13-,16+,17-,18-/m1/s1. The fraction of sp³-hybridized carbons (Fsp3) is 0.556. The Morgan fingerprint density at radius 1 is 1.00 bits per heavy atom. The second kappa shape index (κ2) is 5.13. The number of aliphatic hydroxyl groups excluding tert-OH is 1. The van der Waals surface area contributed by atoms with Crippen LogP contribution in [0, 0.1) is 17.8 Å². The van der Waals surface area contributed by atoms with Gasteiger partial charge in [-0.2, -0.15) is 0 Å². The van der Waals surface area contributed by atoms with Gasteiger partial charge in [0, 0.05) is 5.92 Å². The van der Waals surface area contributed by atoms with Crippen LogP contribution in [0.3, 0.4) is 0 Å². The Kier molecular flexibility index (Phi) is 3.49. The van der Waals surface area contributed by atoms with Crippen LogP contribution in [0.1, 0.15) is 44.6 Å². The SMILES string of the molecule is C[C@@H]1CC=C2[C@H]1[C@H](C)CC[C@H](O)[C@@H]2c1ccccc1. The maximum atomic E-state index is 10.6. The minimum Gasteiger partial charge on any atom is -0.392 e. The molecule has 102 valence electrons. The fourth-order valence-corrected chi connectivity index (χ4v) is 4.23. The van der Waals surface area contributed by atoms with Crippen molar-refractivity contribution in [2.45, 2.75) is 45.1 Å². The van der Waals surface area contributed by atoms with Gasteiger partial charge in [-0.1, -0.05) is 55.8 Å². The van der Waals surface area contributed by atoms with E-state index in [4.69, 9.17) is 0 Å². The summed E-state index contributed by atoms with van der Waals surface area (Å²) in [6.07, 6.45) is 5.46. The lowest BCUT2D eigenvalue weighted by Crippen LogP contribution is -2.22. The van der Waals surface area contributed by atoms with Gasteiger partial charge in [-0.25, -0.2) is 0 Å². The van der Waals surface area contributed by atoms with Crippen LogP contribution in [0.4, 0.5) is 0 Å². The van der Waals surface area contributed by atoms with Crippen LogP contribution in [0.25, 0.3) is 0 Å². The molecule has 1 nitrogen and oxygen atoms in total. The Balaban J connectivity index is 2.01. The zero-order valence-electron chi connectivity index (χ0n) is 11.9. The van der Waals surface area contributed by atoms with Gasteiger partial charge < -0.3 is 5.11 Å². The molecule has 0 saturated heterocycles. The largest absolute Gasteiger partial charge is 0.392 e. The molecular formula is C18H24O. The molecule has 2 aliphatic carbocycles. The molecule has 3 rings (SSSR count). The summed E-state index contributed by atoms with van der Waals surface area (Å²) in [5.41, 5.74) is 2.80. The molecule has 1 aromatic rings. The summed E-state index contributed by atoms with van der Waals surface area (Å²) < 4.78 is 0. The quantitative estimate of drug-likeness (QED) is 0.749. The molecule has 0 unspecified atom stereocenters. The normalized spacial score (nSPS) is 38.5. The van der Waals surface area contributed by atoms with Gasteiger partial charge in [0.2, 0.25) is 0 Å². The molecule has 0 amide bonds. The zero-order chi connectivity index (χ0) is 13.4. The maximum absolute atomic E-state index is 10.6. The molecule has 2 aliphatic rings. The molecule has 0 aliphatic heterocycles. The van der Waals surface area contributed by atoms with E-state index in [-0.39, 0.29) is 12.0 Å². The van der Waals surface area contributed by atoms with Gasteiger partial charge in [-0.3, -0.25) is 0 Å². The Hall–Kier alpha value is -1.08. The van der Waals surface area contributed by atoms with Crippen LogP contribution in [-0.4, -0.2) is 11.2 Å². The van der Waals surface area contributed by atoms with E-state index < -0.39 is 0 Å². The predicted molar refractivity (Wildman–Crippen MR) is 78.9 cm³/mol. The minimum atomic E-state index is -0.216. The molecule has 5 atom stereocenters. The van der Waals surface area contributed by atoms with E-state index in [1.54, 1.807) is 0 Å². The number of aliphatic hydroxyl groups is 1. The third-order valence-corrected chi connectivity index (χ3v) is 5.16. The lowest BCUT2D eigenvalue weighted by molar-refractivity contribution is 0.145. The first-order valence-corrected chi connectivity index (χ1v) is 7.61. The zero-order valence-corrected chi connectivity index (χ0v) is 11.9. The van der Waals surface area contributed by atoms with Crippen molar-refractivity contribution in [1.82, 2.24) is 0 Å². The van der Waals surface area contributed by atoms with Crippen molar-refractivity contribution in [2.75, 3.05) is 0 Å². The summed E-state index contributed by atoms with van der Waals surface area (Å²) in [5.74, 6) is 2.33. The van der Waals surface area contributed by atoms with Gasteiger partial charge in [-0.15, -0.1) is 0 Å². The van der Waals surface area contributed by atoms with E-state index in [1.807, 2.05) is 0 Å². The van der Waals surface area contributed by atoms with Gasteiger partial charge >= 0.3 is 0 Å². The van der Waals surface area contributed by atoms with Crippen LogP contribution in [-0.2, 0) is 0 Å². The van der Waals surface area contributed by atoms with Crippen molar-refractivity contribution in [3.05, 3.63) is 47.5 Å². The van der Waals surface area contributed by atoms with Gasteiger partial charge in [-0.05, 0) is 42.6 Å². The first-order chi connectivity index (χ1) is 9.18. The average molecular weight is 256 g/mol. The summed E-state index contributed by atoms with van der Waals surface area (Å²) in [6.45, 7) is 4.73. The molecule has 1 aromatic carbocycles. The fourth-order valence-electron chi connectivity index (χ4n) is 4.23. The van der Waals surface area contributed by atoms with Crippen LogP contribution in [0.15, 0.2) is 42.0 Å². The van der Waals surface area contributed by atoms with Crippen molar-refractivity contribution in [1.29, 1.82) is 0 Å². The van der Waals surface area contributed by atoms with E-state index in [9.17, 15) is 5.11 Å². The highest BCUT2D eigenvalue weighted by Crippen LogP contribution is 2.49. The Morgan fingerprint density at radius 3 is 2.47 bits per heavy atom. The van der Waals surface area contributed by atoms with E-state index in [1.165, 1.54) is 17.6 Å². The van der Waals surface area contributed by atoms with Crippen molar-refractivity contribution in [3.8, 4) is 0 Å². The Labute approximate surface area is 116 Å². The highest BCUT2D eigenvalue weighted by Gasteiger charge is 2.40. The second-order valence-electron chi connectivity index (χ2n) is 6.45. The van der Waals surface area contributed by atoms with Crippen LogP contribution < -0.4 is 0 Å². The molecule has 0 bridgehead atoms. The van der Waals surface area contributed by atoms with E-state index in [0.717, 1.165) is 18.8 Å². The number of allylic oxidation sites excluding steroid dienone is 1. The first-order valence-electron chi connectivity index (χ1n) is 7.61. The number of fused-ring (bicyclic) bond motifs is 1. The van der Waals surface area contributed by atoms with Crippen molar-refractivity contribution < 1.29 is 5.11 Å². The summed E-state index contributed by atoms with van der Waals surface area (Å²) in [6, 6.07) is 10.6. The number of rotatable bonds is 1. The summed E-state index contributed by atoms with van der Waals surface area (Å²) in [7, 11) is 0. The van der Waals surface area contributed by atoms with Crippen molar-refractivity contribution >= 4 is 0 Å². The average Bonchev–Trinajstić information content (AvgIpc) is 2.73. The lowest BCUT2D eigenvalue weighted by Gasteiger charge is -2.29. The maximum Gasteiger partial charge on any atom is 0.0646 e. The molecule has 19 heavy (non-hydrogen) atoms. The summed E-state index contributed by atoms with van der Waals surface area (Å²) >= 11 is 0. The van der Waals surface area contributed by atoms with Gasteiger partial charge in [0.05, 0.1) is 6.10 Å². The van der Waals surface area contributed by atoms with Gasteiger partial charge in [0.15, 0.2) is 0 Å². The molecule has 0 heterocycles. The van der Waals surface area contributed by atoms with E-state index in [2.05, 4.69) is 50.3 Å². The van der Waals surface area contributed by atoms with E-state index >= 15 is 0 Å². The smallest absolute Gasteiger partial charge is 0.0646 e. The minimum absolute atomic E-state index is 0.216. The number of hydrogen-bond acceptors (Lipinski definition) is 1. The topological polar surface area (TPSA) is 20.2 Å². The number of benzene rings is 1. The van der Waals surface area contributed by atoms with E-state index in [0.29, 0.717) is 11.8 Å². The molecule has 1 saturated carbocycles. The van der Waals surface area contributed by atoms with Gasteiger partial charge in [0.1, 0.15) is 0 Å². The predicted octanol–water partition coefficient (Wildman–Crippen LogP) is 4.14. The monoisotopic (exact) mass is 256 g/mol. The Bertz CT molecular complexity index is 462. The molecule has 1 fully saturated rings. The summed E-state index contributed by atoms with van der Waals surface area (Å²) in [5, 5.41) is 10.6. The van der Waals surface area contributed by atoms with Crippen LogP contribution in [0.2, 0.25) is 0 Å². The molecular weight excluding hydrogens is 232 g/mol. The van der Waals surface area contributed by atoms with Crippen LogP contribution in [0.5, 0.6) is 0 Å². The summed E-state index contributed by atoms with van der Waals surface area (Å²) in [4.78, 5) is 0.